The van der Waals surface area contributed by atoms with E-state index in [9.17, 15) is 13.6 Å². The minimum absolute atomic E-state index is 0.196. The monoisotopic (exact) mass is 272 g/mol. The molecule has 0 aliphatic heterocycles. The first-order valence-electron chi connectivity index (χ1n) is 5.48. The van der Waals surface area contributed by atoms with Gasteiger partial charge >= 0.3 is 0 Å². The smallest absolute Gasteiger partial charge is 0.254 e. The first-order valence-corrected chi connectivity index (χ1v) is 5.89. The van der Waals surface area contributed by atoms with Gasteiger partial charge in [-0.1, -0.05) is 19.1 Å². The minimum Gasteiger partial charge on any atom is -0.393 e. The van der Waals surface area contributed by atoms with Crippen LogP contribution in [0.5, 0.6) is 0 Å². The van der Waals surface area contributed by atoms with Crippen LogP contribution in [0, 0.1) is 11.6 Å². The van der Waals surface area contributed by atoms with Crippen LogP contribution in [-0.2, 0) is 0 Å². The summed E-state index contributed by atoms with van der Waals surface area (Å²) < 4.78 is 26.1. The number of hydrogen-bond donors (Lipinski definition) is 2. The van der Waals surface area contributed by atoms with E-state index in [2.05, 4.69) is 5.32 Å². The van der Waals surface area contributed by atoms with E-state index in [4.69, 9.17) is 18.0 Å². The lowest BCUT2D eigenvalue weighted by Gasteiger charge is -2.16. The van der Waals surface area contributed by atoms with Gasteiger partial charge in [-0.3, -0.25) is 4.79 Å². The Bertz CT molecular complexity index is 465. The number of nitrogens with one attached hydrogen (secondary N) is 1. The molecule has 0 aromatic heterocycles. The van der Waals surface area contributed by atoms with Crippen molar-refractivity contribution in [2.45, 2.75) is 25.8 Å². The molecule has 1 rings (SSSR count). The lowest BCUT2D eigenvalue weighted by Crippen LogP contribution is -2.37. The third-order valence-electron chi connectivity index (χ3n) is 2.45. The van der Waals surface area contributed by atoms with Crippen LogP contribution in [0.1, 0.15) is 30.1 Å². The average molecular weight is 272 g/mol. The van der Waals surface area contributed by atoms with Crippen molar-refractivity contribution in [3.8, 4) is 0 Å². The van der Waals surface area contributed by atoms with Crippen LogP contribution in [-0.4, -0.2) is 16.9 Å². The van der Waals surface area contributed by atoms with Crippen molar-refractivity contribution in [2.75, 3.05) is 0 Å². The Morgan fingerprint density at radius 2 is 2.17 bits per heavy atom. The van der Waals surface area contributed by atoms with Crippen LogP contribution >= 0.6 is 12.2 Å². The minimum atomic E-state index is -0.891. The maximum absolute atomic E-state index is 13.4. The summed E-state index contributed by atoms with van der Waals surface area (Å²) in [4.78, 5) is 12.0. The zero-order valence-corrected chi connectivity index (χ0v) is 10.7. The van der Waals surface area contributed by atoms with Crippen molar-refractivity contribution in [3.05, 3.63) is 35.4 Å². The van der Waals surface area contributed by atoms with Crippen LogP contribution in [0.2, 0.25) is 0 Å². The van der Waals surface area contributed by atoms with Crippen molar-refractivity contribution < 1.29 is 13.6 Å². The number of thiocarbonyl (C=S) groups is 1. The molecule has 1 aromatic rings. The van der Waals surface area contributed by atoms with Crippen LogP contribution in [0.4, 0.5) is 8.78 Å². The van der Waals surface area contributed by atoms with Gasteiger partial charge in [0.1, 0.15) is 11.6 Å². The second-order valence-electron chi connectivity index (χ2n) is 3.87. The van der Waals surface area contributed by atoms with Gasteiger partial charge in [-0.15, -0.1) is 0 Å². The summed E-state index contributed by atoms with van der Waals surface area (Å²) in [6, 6.07) is 2.56. The molecule has 0 aliphatic rings. The summed E-state index contributed by atoms with van der Waals surface area (Å²) in [5.41, 5.74) is 5.19. The summed E-state index contributed by atoms with van der Waals surface area (Å²) in [5, 5.41) is 2.61. The highest BCUT2D eigenvalue weighted by molar-refractivity contribution is 7.80. The largest absolute Gasteiger partial charge is 0.393 e. The summed E-state index contributed by atoms with van der Waals surface area (Å²) in [6.07, 6.45) is 0.965. The van der Waals surface area contributed by atoms with Gasteiger partial charge in [0.15, 0.2) is 0 Å². The predicted molar refractivity (Wildman–Crippen MR) is 69.3 cm³/mol. The molecule has 3 N–H and O–H groups in total. The molecule has 0 bridgehead atoms. The van der Waals surface area contributed by atoms with Gasteiger partial charge in [-0.05, 0) is 18.6 Å². The third kappa shape index (κ3) is 4.03. The quantitative estimate of drug-likeness (QED) is 0.808. The second-order valence-corrected chi connectivity index (χ2v) is 4.40. The summed E-state index contributed by atoms with van der Waals surface area (Å²) in [7, 11) is 0. The van der Waals surface area contributed by atoms with E-state index in [1.165, 1.54) is 0 Å². The molecule has 1 unspecified atom stereocenters. The molecule has 0 aliphatic carbocycles. The number of nitrogens with two attached hydrogens (primary N) is 1. The molecule has 1 atom stereocenters. The Kier molecular flexibility index (Phi) is 5.15. The van der Waals surface area contributed by atoms with E-state index in [1.54, 1.807) is 0 Å². The molecule has 1 aromatic carbocycles. The summed E-state index contributed by atoms with van der Waals surface area (Å²) in [6.45, 7) is 1.85. The molecule has 1 amide bonds. The van der Waals surface area contributed by atoms with Crippen molar-refractivity contribution in [3.63, 3.8) is 0 Å². The van der Waals surface area contributed by atoms with E-state index in [0.29, 0.717) is 18.9 Å². The number of amides is 1. The van der Waals surface area contributed by atoms with E-state index in [1.807, 2.05) is 6.92 Å². The van der Waals surface area contributed by atoms with Crippen LogP contribution in [0.15, 0.2) is 18.2 Å². The Morgan fingerprint density at radius 3 is 2.67 bits per heavy atom. The lowest BCUT2D eigenvalue weighted by atomic mass is 10.1. The number of benzene rings is 1. The molecule has 0 heterocycles. The standard InChI is InChI=1S/C12H14F2N2OS/c1-2-8(6-11(15)18)16-12(17)9-4-3-7(13)5-10(9)14/h3-5,8H,2,6H2,1H3,(H2,15,18)(H,16,17). The lowest BCUT2D eigenvalue weighted by molar-refractivity contribution is 0.0933. The summed E-state index contributed by atoms with van der Waals surface area (Å²) in [5.74, 6) is -2.22. The molecule has 98 valence electrons. The van der Waals surface area contributed by atoms with Crippen LogP contribution < -0.4 is 11.1 Å². The van der Waals surface area contributed by atoms with E-state index >= 15 is 0 Å². The number of halogens is 2. The van der Waals surface area contributed by atoms with Crippen molar-refractivity contribution in [2.24, 2.45) is 5.73 Å². The highest BCUT2D eigenvalue weighted by Gasteiger charge is 2.16. The van der Waals surface area contributed by atoms with E-state index in [-0.39, 0.29) is 16.6 Å². The number of hydrogen-bond acceptors (Lipinski definition) is 2. The molecular formula is C12H14F2N2OS. The number of rotatable bonds is 5. The van der Waals surface area contributed by atoms with Crippen molar-refractivity contribution >= 4 is 23.1 Å². The Hall–Kier alpha value is -1.56. The first kappa shape index (κ1) is 14.5. The van der Waals surface area contributed by atoms with Crippen molar-refractivity contribution in [1.29, 1.82) is 0 Å². The van der Waals surface area contributed by atoms with Gasteiger partial charge < -0.3 is 11.1 Å². The van der Waals surface area contributed by atoms with Gasteiger partial charge in [0.05, 0.1) is 10.6 Å². The first-order chi connectivity index (χ1) is 8.43. The molecule has 6 heteroatoms. The number of carbonyl (C=O) groups excluding carboxylic acids is 1. The Labute approximate surface area is 109 Å². The maximum atomic E-state index is 13.4. The zero-order chi connectivity index (χ0) is 13.7. The SMILES string of the molecule is CCC(CC(N)=S)NC(=O)c1ccc(F)cc1F. The molecule has 0 radical (unpaired) electrons. The van der Waals surface area contributed by atoms with Gasteiger partial charge in [0.2, 0.25) is 0 Å². The Morgan fingerprint density at radius 1 is 1.50 bits per heavy atom. The van der Waals surface area contributed by atoms with Crippen molar-refractivity contribution in [1.82, 2.24) is 5.32 Å². The topological polar surface area (TPSA) is 55.1 Å². The van der Waals surface area contributed by atoms with Gasteiger partial charge in [0, 0.05) is 18.5 Å². The summed E-state index contributed by atoms with van der Waals surface area (Å²) >= 11 is 4.75. The van der Waals surface area contributed by atoms with Crippen LogP contribution in [0.3, 0.4) is 0 Å². The molecule has 18 heavy (non-hydrogen) atoms. The second kappa shape index (κ2) is 6.39. The van der Waals surface area contributed by atoms with Gasteiger partial charge in [-0.25, -0.2) is 8.78 Å². The number of carbonyl (C=O) groups is 1. The fourth-order valence-electron chi connectivity index (χ4n) is 1.48. The molecule has 0 spiro atoms. The average Bonchev–Trinajstić information content (AvgIpc) is 2.27. The van der Waals surface area contributed by atoms with E-state index in [0.717, 1.165) is 12.1 Å². The highest BCUT2D eigenvalue weighted by atomic mass is 32.1. The highest BCUT2D eigenvalue weighted by Crippen LogP contribution is 2.10. The fraction of sp³-hybridized carbons (Fsp3) is 0.333. The molecule has 0 saturated carbocycles. The fourth-order valence-corrected chi connectivity index (χ4v) is 1.68. The maximum Gasteiger partial charge on any atom is 0.254 e. The Balaban J connectivity index is 2.77. The molecular weight excluding hydrogens is 258 g/mol. The van der Waals surface area contributed by atoms with E-state index < -0.39 is 17.5 Å². The third-order valence-corrected chi connectivity index (χ3v) is 2.62. The van der Waals surface area contributed by atoms with Gasteiger partial charge in [-0.2, -0.15) is 0 Å². The molecule has 0 fully saturated rings. The van der Waals surface area contributed by atoms with Gasteiger partial charge in [0.25, 0.3) is 5.91 Å². The molecule has 0 saturated heterocycles. The normalized spacial score (nSPS) is 11.9. The molecule has 3 nitrogen and oxygen atoms in total. The zero-order valence-electron chi connectivity index (χ0n) is 9.87. The van der Waals surface area contributed by atoms with Crippen LogP contribution in [0.25, 0.3) is 0 Å². The predicted octanol–water partition coefficient (Wildman–Crippen LogP) is 2.15.